The number of hydrogen-bond donors (Lipinski definition) is 3. The van der Waals surface area contributed by atoms with Crippen LogP contribution in [0.4, 0.5) is 4.79 Å². The second-order valence-electron chi connectivity index (χ2n) is 4.01. The maximum atomic E-state index is 11.3. The van der Waals surface area contributed by atoms with Crippen LogP contribution in [0, 0.1) is 5.92 Å². The maximum Gasteiger partial charge on any atom is 0.314 e. The molecule has 0 aromatic heterocycles. The molecule has 0 radical (unpaired) electrons. The molecule has 1 heterocycles. The normalized spacial score (nSPS) is 22.4. The molecule has 0 aromatic carbocycles. The van der Waals surface area contributed by atoms with Crippen LogP contribution in [0.25, 0.3) is 0 Å². The van der Waals surface area contributed by atoms with E-state index in [9.17, 15) is 4.79 Å². The van der Waals surface area contributed by atoms with Gasteiger partial charge in [-0.15, -0.1) is 0 Å². The molecule has 0 spiro atoms. The highest BCUT2D eigenvalue weighted by atomic mass is 16.5. The zero-order chi connectivity index (χ0) is 11.1. The molecule has 1 aliphatic rings. The van der Waals surface area contributed by atoms with E-state index in [1.807, 2.05) is 6.92 Å². The molecular formula is C10H20N2O3. The van der Waals surface area contributed by atoms with Gasteiger partial charge in [0.2, 0.25) is 0 Å². The molecule has 0 bridgehead atoms. The first-order chi connectivity index (χ1) is 7.22. The van der Waals surface area contributed by atoms with Crippen LogP contribution >= 0.6 is 0 Å². The minimum absolute atomic E-state index is 0.0893. The molecule has 1 saturated heterocycles. The van der Waals surface area contributed by atoms with E-state index in [-0.39, 0.29) is 24.7 Å². The third-order valence-electron chi connectivity index (χ3n) is 2.44. The molecule has 88 valence electrons. The quantitative estimate of drug-likeness (QED) is 0.610. The van der Waals surface area contributed by atoms with Crippen molar-refractivity contribution in [2.75, 3.05) is 26.3 Å². The van der Waals surface area contributed by atoms with Crippen molar-refractivity contribution in [3.63, 3.8) is 0 Å². The zero-order valence-corrected chi connectivity index (χ0v) is 9.16. The smallest absolute Gasteiger partial charge is 0.314 e. The molecule has 1 rings (SSSR count). The number of urea groups is 1. The molecule has 3 N–H and O–H groups in total. The van der Waals surface area contributed by atoms with Gasteiger partial charge < -0.3 is 20.5 Å². The van der Waals surface area contributed by atoms with E-state index in [0.717, 1.165) is 19.4 Å². The van der Waals surface area contributed by atoms with E-state index < -0.39 is 0 Å². The van der Waals surface area contributed by atoms with Gasteiger partial charge in [0.15, 0.2) is 0 Å². The number of carbonyl (C=O) groups is 1. The molecule has 5 nitrogen and oxygen atoms in total. The van der Waals surface area contributed by atoms with Gasteiger partial charge in [-0.3, -0.25) is 0 Å². The van der Waals surface area contributed by atoms with E-state index in [4.69, 9.17) is 9.84 Å². The minimum Gasteiger partial charge on any atom is -0.396 e. The van der Waals surface area contributed by atoms with Gasteiger partial charge in [-0.25, -0.2) is 4.79 Å². The Morgan fingerprint density at radius 1 is 1.60 bits per heavy atom. The van der Waals surface area contributed by atoms with Crippen LogP contribution in [0.15, 0.2) is 0 Å². The number of rotatable bonds is 5. The molecule has 5 heteroatoms. The van der Waals surface area contributed by atoms with E-state index in [0.29, 0.717) is 13.1 Å². The van der Waals surface area contributed by atoms with Crippen molar-refractivity contribution in [3.05, 3.63) is 0 Å². The monoisotopic (exact) mass is 216 g/mol. The van der Waals surface area contributed by atoms with Gasteiger partial charge in [0.25, 0.3) is 0 Å². The van der Waals surface area contributed by atoms with Crippen LogP contribution in [0.5, 0.6) is 0 Å². The standard InChI is InChI=1S/C10H20N2O3/c1-8(7-13)5-11-10(14)12-6-9-3-2-4-15-9/h8-9,13H,2-7H2,1H3,(H2,11,12,14). The van der Waals surface area contributed by atoms with Crippen LogP contribution in [0.1, 0.15) is 19.8 Å². The lowest BCUT2D eigenvalue weighted by Crippen LogP contribution is -2.41. The lowest BCUT2D eigenvalue weighted by atomic mass is 10.2. The first-order valence-electron chi connectivity index (χ1n) is 5.46. The summed E-state index contributed by atoms with van der Waals surface area (Å²) in [5.74, 6) is 0.0958. The van der Waals surface area contributed by atoms with E-state index in [2.05, 4.69) is 10.6 Å². The third kappa shape index (κ3) is 4.99. The Bertz CT molecular complexity index is 193. The van der Waals surface area contributed by atoms with Crippen molar-refractivity contribution in [1.82, 2.24) is 10.6 Å². The number of aliphatic hydroxyl groups is 1. The third-order valence-corrected chi connectivity index (χ3v) is 2.44. The van der Waals surface area contributed by atoms with Crippen molar-refractivity contribution in [2.45, 2.75) is 25.9 Å². The Morgan fingerprint density at radius 3 is 3.00 bits per heavy atom. The second-order valence-corrected chi connectivity index (χ2v) is 4.01. The summed E-state index contributed by atoms with van der Waals surface area (Å²) in [6.45, 7) is 3.83. The molecule has 2 unspecified atom stereocenters. The van der Waals surface area contributed by atoms with Crippen LogP contribution in [-0.2, 0) is 4.74 Å². The van der Waals surface area contributed by atoms with Crippen LogP contribution in [0.3, 0.4) is 0 Å². The summed E-state index contributed by atoms with van der Waals surface area (Å²) in [6, 6.07) is -0.189. The summed E-state index contributed by atoms with van der Waals surface area (Å²) in [5, 5.41) is 14.2. The summed E-state index contributed by atoms with van der Waals surface area (Å²) in [4.78, 5) is 11.3. The van der Waals surface area contributed by atoms with Crippen molar-refractivity contribution in [3.8, 4) is 0 Å². The number of nitrogens with one attached hydrogen (secondary N) is 2. The Labute approximate surface area is 90.2 Å². The second kappa shape index (κ2) is 6.63. The Hall–Kier alpha value is -0.810. The van der Waals surface area contributed by atoms with E-state index >= 15 is 0 Å². The number of hydrogen-bond acceptors (Lipinski definition) is 3. The number of amides is 2. The molecule has 2 amide bonds. The average Bonchev–Trinajstić information content (AvgIpc) is 2.75. The fraction of sp³-hybridized carbons (Fsp3) is 0.900. The van der Waals surface area contributed by atoms with Crippen molar-refractivity contribution in [2.24, 2.45) is 5.92 Å². The average molecular weight is 216 g/mol. The van der Waals surface area contributed by atoms with Crippen LogP contribution < -0.4 is 10.6 Å². The fourth-order valence-corrected chi connectivity index (χ4v) is 1.41. The van der Waals surface area contributed by atoms with Crippen molar-refractivity contribution in [1.29, 1.82) is 0 Å². The van der Waals surface area contributed by atoms with Gasteiger partial charge in [-0.2, -0.15) is 0 Å². The maximum absolute atomic E-state index is 11.3. The first kappa shape index (κ1) is 12.3. The highest BCUT2D eigenvalue weighted by Crippen LogP contribution is 2.10. The number of ether oxygens (including phenoxy) is 1. The summed E-state index contributed by atoms with van der Waals surface area (Å²) >= 11 is 0. The number of aliphatic hydroxyl groups excluding tert-OH is 1. The van der Waals surface area contributed by atoms with Crippen LogP contribution in [0.2, 0.25) is 0 Å². The molecular weight excluding hydrogens is 196 g/mol. The Balaban J connectivity index is 2.02. The number of carbonyl (C=O) groups excluding carboxylic acids is 1. The van der Waals surface area contributed by atoms with Crippen LogP contribution in [-0.4, -0.2) is 43.5 Å². The molecule has 0 aromatic rings. The van der Waals surface area contributed by atoms with Gasteiger partial charge in [-0.1, -0.05) is 6.92 Å². The zero-order valence-electron chi connectivity index (χ0n) is 9.16. The van der Waals surface area contributed by atoms with Gasteiger partial charge in [0.1, 0.15) is 0 Å². The molecule has 0 aliphatic carbocycles. The molecule has 1 aliphatic heterocycles. The van der Waals surface area contributed by atoms with Gasteiger partial charge in [-0.05, 0) is 18.8 Å². The Morgan fingerprint density at radius 2 is 2.40 bits per heavy atom. The van der Waals surface area contributed by atoms with Crippen molar-refractivity contribution >= 4 is 6.03 Å². The van der Waals surface area contributed by atoms with Gasteiger partial charge in [0.05, 0.1) is 6.10 Å². The lowest BCUT2D eigenvalue weighted by Gasteiger charge is -2.13. The summed E-state index contributed by atoms with van der Waals surface area (Å²) in [5.41, 5.74) is 0. The summed E-state index contributed by atoms with van der Waals surface area (Å²) in [6.07, 6.45) is 2.27. The van der Waals surface area contributed by atoms with Gasteiger partial charge >= 0.3 is 6.03 Å². The van der Waals surface area contributed by atoms with E-state index in [1.54, 1.807) is 0 Å². The predicted octanol–water partition coefficient (Wildman–Crippen LogP) is 0.0930. The molecule has 1 fully saturated rings. The summed E-state index contributed by atoms with van der Waals surface area (Å²) < 4.78 is 5.37. The predicted molar refractivity (Wildman–Crippen MR) is 56.6 cm³/mol. The Kier molecular flexibility index (Phi) is 5.42. The van der Waals surface area contributed by atoms with Crippen molar-refractivity contribution < 1.29 is 14.6 Å². The molecule has 2 atom stereocenters. The largest absolute Gasteiger partial charge is 0.396 e. The van der Waals surface area contributed by atoms with Gasteiger partial charge in [0, 0.05) is 26.3 Å². The minimum atomic E-state index is -0.189. The highest BCUT2D eigenvalue weighted by Gasteiger charge is 2.15. The molecule has 0 saturated carbocycles. The fourth-order valence-electron chi connectivity index (χ4n) is 1.41. The lowest BCUT2D eigenvalue weighted by molar-refractivity contribution is 0.111. The van der Waals surface area contributed by atoms with E-state index in [1.165, 1.54) is 0 Å². The SMILES string of the molecule is CC(CO)CNC(=O)NCC1CCCO1. The topological polar surface area (TPSA) is 70.6 Å². The molecule has 15 heavy (non-hydrogen) atoms. The highest BCUT2D eigenvalue weighted by molar-refractivity contribution is 5.73. The summed E-state index contributed by atoms with van der Waals surface area (Å²) in [7, 11) is 0. The first-order valence-corrected chi connectivity index (χ1v) is 5.46.